The Morgan fingerprint density at radius 2 is 2.17 bits per heavy atom. The zero-order valence-corrected chi connectivity index (χ0v) is 15.3. The number of rotatable bonds is 2. The summed E-state index contributed by atoms with van der Waals surface area (Å²) in [5, 5.41) is 0. The molecule has 6 nitrogen and oxygen atoms in total. The maximum Gasteiger partial charge on any atom is 0.309 e. The van der Waals surface area contributed by atoms with Gasteiger partial charge in [0.2, 0.25) is 0 Å². The van der Waals surface area contributed by atoms with Crippen molar-refractivity contribution in [2.24, 2.45) is 11.3 Å². The van der Waals surface area contributed by atoms with Gasteiger partial charge in [0.25, 0.3) is 0 Å². The van der Waals surface area contributed by atoms with Crippen molar-refractivity contribution in [1.29, 1.82) is 0 Å². The topological polar surface area (TPSA) is 82.5 Å². The Hall–Kier alpha value is -1.63. The molecule has 0 amide bonds. The predicted molar refractivity (Wildman–Crippen MR) is 91.0 cm³/mol. The van der Waals surface area contributed by atoms with Crippen LogP contribution in [0.1, 0.15) is 39.4 Å². The summed E-state index contributed by atoms with van der Waals surface area (Å²) < 4.78 is 7.66. The first-order chi connectivity index (χ1) is 10.7. The van der Waals surface area contributed by atoms with Crippen LogP contribution >= 0.6 is 15.9 Å². The van der Waals surface area contributed by atoms with E-state index in [-0.39, 0.29) is 22.7 Å². The molecule has 0 aliphatic heterocycles. The first-order valence-corrected chi connectivity index (χ1v) is 8.39. The molecule has 124 valence electrons. The fourth-order valence-corrected chi connectivity index (χ4v) is 4.43. The van der Waals surface area contributed by atoms with Crippen molar-refractivity contribution >= 4 is 33.2 Å². The maximum atomic E-state index is 12.2. The van der Waals surface area contributed by atoms with E-state index in [1.54, 1.807) is 6.20 Å². The molecule has 0 saturated heterocycles. The Kier molecular flexibility index (Phi) is 3.66. The molecule has 2 aromatic rings. The number of hydrogen-bond donors (Lipinski definition) is 1. The molecule has 0 spiro atoms. The number of nitrogen functional groups attached to an aromatic ring is 1. The van der Waals surface area contributed by atoms with Gasteiger partial charge in [0.15, 0.2) is 5.82 Å². The molecular formula is C16H21BrN4O2. The van der Waals surface area contributed by atoms with E-state index in [0.29, 0.717) is 10.4 Å². The first kappa shape index (κ1) is 16.2. The number of carbonyl (C=O) groups excluding carboxylic acids is 1. The number of imidazole rings is 1. The second kappa shape index (κ2) is 5.19. The minimum atomic E-state index is -0.293. The molecular weight excluding hydrogens is 360 g/mol. The van der Waals surface area contributed by atoms with E-state index in [1.807, 2.05) is 10.6 Å². The molecule has 1 saturated carbocycles. The van der Waals surface area contributed by atoms with Crippen LogP contribution < -0.4 is 5.73 Å². The van der Waals surface area contributed by atoms with Crippen LogP contribution in [0.15, 0.2) is 17.0 Å². The summed E-state index contributed by atoms with van der Waals surface area (Å²) in [6, 6.07) is 0. The van der Waals surface area contributed by atoms with Gasteiger partial charge in [0.1, 0.15) is 15.9 Å². The Labute approximate surface area is 143 Å². The van der Waals surface area contributed by atoms with Crippen molar-refractivity contribution in [3.8, 4) is 0 Å². The summed E-state index contributed by atoms with van der Waals surface area (Å²) >= 11 is 3.49. The smallest absolute Gasteiger partial charge is 0.309 e. The third-order valence-electron chi connectivity index (χ3n) is 5.75. The van der Waals surface area contributed by atoms with Crippen molar-refractivity contribution in [3.63, 3.8) is 0 Å². The Balaban J connectivity index is 2.19. The number of ether oxygens (including phenoxy) is 1. The van der Waals surface area contributed by atoms with Crippen LogP contribution in [0, 0.1) is 11.3 Å². The van der Waals surface area contributed by atoms with E-state index in [9.17, 15) is 4.79 Å². The van der Waals surface area contributed by atoms with Crippen molar-refractivity contribution < 1.29 is 9.53 Å². The zero-order chi connectivity index (χ0) is 17.0. The number of carbonyl (C=O) groups is 1. The van der Waals surface area contributed by atoms with Gasteiger partial charge in [-0.15, -0.1) is 0 Å². The minimum Gasteiger partial charge on any atom is -0.469 e. The predicted octanol–water partition coefficient (Wildman–Crippen LogP) is 2.94. The van der Waals surface area contributed by atoms with Gasteiger partial charge in [-0.25, -0.2) is 9.97 Å². The molecule has 3 rings (SSSR count). The molecule has 2 aromatic heterocycles. The highest BCUT2D eigenvalue weighted by molar-refractivity contribution is 9.10. The van der Waals surface area contributed by atoms with Gasteiger partial charge < -0.3 is 10.5 Å². The van der Waals surface area contributed by atoms with Gasteiger partial charge in [-0.1, -0.05) is 20.8 Å². The minimum absolute atomic E-state index is 0.150. The molecule has 2 atom stereocenters. The van der Waals surface area contributed by atoms with Crippen LogP contribution in [-0.4, -0.2) is 27.4 Å². The number of hydrogen-bond acceptors (Lipinski definition) is 5. The highest BCUT2D eigenvalue weighted by Crippen LogP contribution is 2.57. The van der Waals surface area contributed by atoms with E-state index in [1.165, 1.54) is 7.11 Å². The number of methoxy groups -OCH3 is 1. The molecule has 1 aliphatic rings. The summed E-state index contributed by atoms with van der Waals surface area (Å²) in [5.41, 5.74) is 6.19. The summed E-state index contributed by atoms with van der Waals surface area (Å²) in [4.78, 5) is 21.0. The molecule has 0 bridgehead atoms. The average Bonchev–Trinajstić information content (AvgIpc) is 2.96. The number of nitrogens with zero attached hydrogens (tertiary/aromatic N) is 3. The molecule has 2 heterocycles. The molecule has 1 aliphatic carbocycles. The highest BCUT2D eigenvalue weighted by Gasteiger charge is 2.57. The molecule has 7 heteroatoms. The van der Waals surface area contributed by atoms with Crippen molar-refractivity contribution in [2.45, 2.75) is 39.0 Å². The number of fused-ring (bicyclic) bond motifs is 1. The van der Waals surface area contributed by atoms with Crippen LogP contribution in [0.25, 0.3) is 5.52 Å². The molecule has 2 N–H and O–H groups in total. The normalized spacial score (nSPS) is 26.6. The number of anilines is 1. The van der Waals surface area contributed by atoms with E-state index >= 15 is 0 Å². The number of aromatic nitrogens is 3. The van der Waals surface area contributed by atoms with Crippen LogP contribution in [0.2, 0.25) is 0 Å². The van der Waals surface area contributed by atoms with Crippen LogP contribution in [0.5, 0.6) is 0 Å². The van der Waals surface area contributed by atoms with Gasteiger partial charge in [0.05, 0.1) is 13.0 Å². The lowest BCUT2D eigenvalue weighted by atomic mass is 9.65. The van der Waals surface area contributed by atoms with Crippen molar-refractivity contribution in [2.75, 3.05) is 12.8 Å². The number of halogens is 1. The standard InChI is InChI=1S/C16H21BrN4O2/c1-15(2)9(13(22)23-4)5-6-16(15,3)14-20-11(17)10-12(18)19-7-8-21(10)14/h7-9H,5-6H2,1-4H3,(H2,18,19)/t9-,16+/m0/s1. The lowest BCUT2D eigenvalue weighted by Crippen LogP contribution is -2.42. The van der Waals surface area contributed by atoms with E-state index < -0.39 is 0 Å². The highest BCUT2D eigenvalue weighted by atomic mass is 79.9. The molecule has 0 unspecified atom stereocenters. The average molecular weight is 381 g/mol. The van der Waals surface area contributed by atoms with Gasteiger partial charge in [-0.2, -0.15) is 0 Å². The summed E-state index contributed by atoms with van der Waals surface area (Å²) in [7, 11) is 1.45. The summed E-state index contributed by atoms with van der Waals surface area (Å²) in [6.45, 7) is 6.38. The van der Waals surface area contributed by atoms with Crippen LogP contribution in [0.4, 0.5) is 5.82 Å². The Morgan fingerprint density at radius 3 is 2.83 bits per heavy atom. The zero-order valence-electron chi connectivity index (χ0n) is 13.8. The maximum absolute atomic E-state index is 12.2. The molecule has 23 heavy (non-hydrogen) atoms. The van der Waals surface area contributed by atoms with Gasteiger partial charge in [0, 0.05) is 17.8 Å². The van der Waals surface area contributed by atoms with Crippen LogP contribution in [0.3, 0.4) is 0 Å². The molecule has 0 radical (unpaired) electrons. The largest absolute Gasteiger partial charge is 0.469 e. The van der Waals surface area contributed by atoms with Crippen molar-refractivity contribution in [3.05, 3.63) is 22.8 Å². The molecule has 0 aromatic carbocycles. The number of esters is 1. The van der Waals surface area contributed by atoms with Crippen LogP contribution in [-0.2, 0) is 14.9 Å². The second-order valence-electron chi connectivity index (χ2n) is 6.93. The lowest BCUT2D eigenvalue weighted by Gasteiger charge is -2.39. The lowest BCUT2D eigenvalue weighted by molar-refractivity contribution is -0.149. The SMILES string of the molecule is COC(=O)[C@@H]1CC[C@](C)(c2nc(Br)c3c(N)nccn23)C1(C)C. The summed E-state index contributed by atoms with van der Waals surface area (Å²) in [6.07, 6.45) is 5.17. The number of nitrogens with two attached hydrogens (primary N) is 1. The third-order valence-corrected chi connectivity index (χ3v) is 6.30. The van der Waals surface area contributed by atoms with Crippen molar-refractivity contribution in [1.82, 2.24) is 14.4 Å². The van der Waals surface area contributed by atoms with Gasteiger partial charge in [-0.05, 0) is 34.2 Å². The second-order valence-corrected chi connectivity index (χ2v) is 7.68. The fourth-order valence-electron chi connectivity index (χ4n) is 3.87. The Morgan fingerprint density at radius 1 is 1.48 bits per heavy atom. The van der Waals surface area contributed by atoms with E-state index in [2.05, 4.69) is 41.7 Å². The van der Waals surface area contributed by atoms with Gasteiger partial charge in [-0.3, -0.25) is 9.20 Å². The quantitative estimate of drug-likeness (QED) is 0.809. The van der Waals surface area contributed by atoms with Gasteiger partial charge >= 0.3 is 5.97 Å². The Bertz CT molecular complexity index is 786. The fraction of sp³-hybridized carbons (Fsp3) is 0.562. The van der Waals surface area contributed by atoms with E-state index in [0.717, 1.165) is 24.2 Å². The van der Waals surface area contributed by atoms with E-state index in [4.69, 9.17) is 15.5 Å². The molecule has 1 fully saturated rings. The monoisotopic (exact) mass is 380 g/mol. The third kappa shape index (κ3) is 2.09. The first-order valence-electron chi connectivity index (χ1n) is 7.60. The summed E-state index contributed by atoms with van der Waals surface area (Å²) in [5.74, 6) is 1.02.